The van der Waals surface area contributed by atoms with Gasteiger partial charge in [-0.15, -0.1) is 0 Å². The molecule has 0 saturated carbocycles. The van der Waals surface area contributed by atoms with E-state index in [1.54, 1.807) is 26.0 Å². The SMILES string of the molecule is CCC(CC)(CC(=O)N[C@H](C)c1ccc(Cl)cc1)C(=O)O. The van der Waals surface area contributed by atoms with Gasteiger partial charge in [-0.25, -0.2) is 0 Å². The van der Waals surface area contributed by atoms with Crippen molar-refractivity contribution in [1.29, 1.82) is 0 Å². The van der Waals surface area contributed by atoms with Crippen LogP contribution in [0.25, 0.3) is 0 Å². The van der Waals surface area contributed by atoms with Gasteiger partial charge in [0.05, 0.1) is 11.5 Å². The fourth-order valence-electron chi connectivity index (χ4n) is 2.31. The van der Waals surface area contributed by atoms with E-state index >= 15 is 0 Å². The van der Waals surface area contributed by atoms with Crippen molar-refractivity contribution < 1.29 is 14.7 Å². The average Bonchev–Trinajstić information content (AvgIpc) is 2.45. The van der Waals surface area contributed by atoms with E-state index in [1.807, 2.05) is 19.1 Å². The van der Waals surface area contributed by atoms with Gasteiger partial charge in [0.1, 0.15) is 0 Å². The Hall–Kier alpha value is -1.55. The number of halogens is 1. The third kappa shape index (κ3) is 4.46. The highest BCUT2D eigenvalue weighted by molar-refractivity contribution is 6.30. The average molecular weight is 312 g/mol. The van der Waals surface area contributed by atoms with Gasteiger partial charge < -0.3 is 10.4 Å². The molecule has 1 atom stereocenters. The van der Waals surface area contributed by atoms with E-state index in [-0.39, 0.29) is 18.4 Å². The van der Waals surface area contributed by atoms with Crippen LogP contribution < -0.4 is 5.32 Å². The van der Waals surface area contributed by atoms with Crippen molar-refractivity contribution in [3.63, 3.8) is 0 Å². The molecule has 0 aliphatic rings. The van der Waals surface area contributed by atoms with Gasteiger partial charge in [0.15, 0.2) is 0 Å². The zero-order valence-electron chi connectivity index (χ0n) is 12.6. The highest BCUT2D eigenvalue weighted by Crippen LogP contribution is 2.31. The third-order valence-corrected chi connectivity index (χ3v) is 4.31. The van der Waals surface area contributed by atoms with E-state index in [0.29, 0.717) is 17.9 Å². The van der Waals surface area contributed by atoms with Crippen molar-refractivity contribution in [2.75, 3.05) is 0 Å². The molecule has 4 nitrogen and oxygen atoms in total. The van der Waals surface area contributed by atoms with E-state index in [4.69, 9.17) is 11.6 Å². The zero-order chi connectivity index (χ0) is 16.0. The first-order valence-electron chi connectivity index (χ1n) is 7.13. The summed E-state index contributed by atoms with van der Waals surface area (Å²) in [6.45, 7) is 5.46. The van der Waals surface area contributed by atoms with Crippen LogP contribution in [0.15, 0.2) is 24.3 Å². The Morgan fingerprint density at radius 2 is 1.76 bits per heavy atom. The summed E-state index contributed by atoms with van der Waals surface area (Å²) in [5, 5.41) is 12.8. The van der Waals surface area contributed by atoms with Crippen LogP contribution in [-0.4, -0.2) is 17.0 Å². The Balaban J connectivity index is 2.72. The smallest absolute Gasteiger partial charge is 0.310 e. The number of carbonyl (C=O) groups excluding carboxylic acids is 1. The van der Waals surface area contributed by atoms with Gasteiger partial charge >= 0.3 is 5.97 Å². The second kappa shape index (κ2) is 7.46. The summed E-state index contributed by atoms with van der Waals surface area (Å²) < 4.78 is 0. The van der Waals surface area contributed by atoms with Gasteiger partial charge in [-0.05, 0) is 37.5 Å². The Morgan fingerprint density at radius 3 is 2.19 bits per heavy atom. The fourth-order valence-corrected chi connectivity index (χ4v) is 2.44. The summed E-state index contributed by atoms with van der Waals surface area (Å²) in [4.78, 5) is 23.5. The van der Waals surface area contributed by atoms with Crippen LogP contribution in [-0.2, 0) is 9.59 Å². The van der Waals surface area contributed by atoms with Crippen molar-refractivity contribution in [3.8, 4) is 0 Å². The van der Waals surface area contributed by atoms with Crippen LogP contribution in [0, 0.1) is 5.41 Å². The maximum atomic E-state index is 12.1. The molecule has 0 saturated heterocycles. The lowest BCUT2D eigenvalue weighted by Gasteiger charge is -2.26. The molecule has 1 rings (SSSR count). The molecule has 0 bridgehead atoms. The first kappa shape index (κ1) is 17.5. The molecule has 0 unspecified atom stereocenters. The van der Waals surface area contributed by atoms with Gasteiger partial charge in [-0.1, -0.05) is 37.6 Å². The van der Waals surface area contributed by atoms with Crippen molar-refractivity contribution in [2.24, 2.45) is 5.41 Å². The normalized spacial score (nSPS) is 12.8. The molecule has 0 heterocycles. The molecule has 0 spiro atoms. The molecule has 1 aromatic carbocycles. The van der Waals surface area contributed by atoms with Crippen molar-refractivity contribution >= 4 is 23.5 Å². The van der Waals surface area contributed by atoms with Gasteiger partial charge in [0.2, 0.25) is 5.91 Å². The molecule has 0 radical (unpaired) electrons. The highest BCUT2D eigenvalue weighted by atomic mass is 35.5. The molecule has 5 heteroatoms. The number of benzene rings is 1. The maximum Gasteiger partial charge on any atom is 0.310 e. The lowest BCUT2D eigenvalue weighted by atomic mass is 9.79. The molecule has 0 fully saturated rings. The van der Waals surface area contributed by atoms with Gasteiger partial charge in [0.25, 0.3) is 0 Å². The molecule has 0 aliphatic heterocycles. The van der Waals surface area contributed by atoms with Gasteiger partial charge in [-0.2, -0.15) is 0 Å². The number of nitrogens with one attached hydrogen (secondary N) is 1. The fraction of sp³-hybridized carbons (Fsp3) is 0.500. The van der Waals surface area contributed by atoms with Crippen molar-refractivity contribution in [2.45, 2.75) is 46.1 Å². The lowest BCUT2D eigenvalue weighted by Crippen LogP contribution is -2.37. The lowest BCUT2D eigenvalue weighted by molar-refractivity contribution is -0.152. The monoisotopic (exact) mass is 311 g/mol. The van der Waals surface area contributed by atoms with Crippen LogP contribution in [0.4, 0.5) is 0 Å². The highest BCUT2D eigenvalue weighted by Gasteiger charge is 2.37. The molecule has 116 valence electrons. The molecule has 0 aromatic heterocycles. The summed E-state index contributed by atoms with van der Waals surface area (Å²) in [6.07, 6.45) is 0.858. The minimum atomic E-state index is -0.982. The second-order valence-corrected chi connectivity index (χ2v) is 5.75. The van der Waals surface area contributed by atoms with Crippen LogP contribution >= 0.6 is 11.6 Å². The van der Waals surface area contributed by atoms with Crippen LogP contribution in [0.5, 0.6) is 0 Å². The predicted molar refractivity (Wildman–Crippen MR) is 83.3 cm³/mol. The summed E-state index contributed by atoms with van der Waals surface area (Å²) in [7, 11) is 0. The molecule has 21 heavy (non-hydrogen) atoms. The Kier molecular flexibility index (Phi) is 6.21. The minimum absolute atomic E-state index is 0.00668. The Labute approximate surface area is 130 Å². The third-order valence-electron chi connectivity index (χ3n) is 4.05. The first-order valence-corrected chi connectivity index (χ1v) is 7.50. The summed E-state index contributed by atoms with van der Waals surface area (Å²) in [5.74, 6) is -1.16. The van der Waals surface area contributed by atoms with Crippen LogP contribution in [0.2, 0.25) is 5.02 Å². The van der Waals surface area contributed by atoms with E-state index in [1.165, 1.54) is 0 Å². The Bertz CT molecular complexity index is 495. The van der Waals surface area contributed by atoms with Crippen LogP contribution in [0.3, 0.4) is 0 Å². The number of hydrogen-bond donors (Lipinski definition) is 2. The number of carboxylic acids is 1. The van der Waals surface area contributed by atoms with Crippen LogP contribution in [0.1, 0.15) is 51.6 Å². The van der Waals surface area contributed by atoms with E-state index < -0.39 is 11.4 Å². The number of aliphatic carboxylic acids is 1. The van der Waals surface area contributed by atoms with Crippen molar-refractivity contribution in [1.82, 2.24) is 5.32 Å². The summed E-state index contributed by atoms with van der Waals surface area (Å²) >= 11 is 5.83. The molecule has 0 aliphatic carbocycles. The second-order valence-electron chi connectivity index (χ2n) is 5.31. The number of amides is 1. The summed E-state index contributed by atoms with van der Waals surface area (Å²) in [5.41, 5.74) is -0.0502. The quantitative estimate of drug-likeness (QED) is 0.805. The largest absolute Gasteiger partial charge is 0.481 e. The molecule has 1 aromatic rings. The number of rotatable bonds is 7. The zero-order valence-corrected chi connectivity index (χ0v) is 13.4. The Morgan fingerprint density at radius 1 is 1.24 bits per heavy atom. The minimum Gasteiger partial charge on any atom is -0.481 e. The van der Waals surface area contributed by atoms with Gasteiger partial charge in [-0.3, -0.25) is 9.59 Å². The topological polar surface area (TPSA) is 66.4 Å². The van der Waals surface area contributed by atoms with E-state index in [9.17, 15) is 14.7 Å². The number of carboxylic acid groups (broad SMARTS) is 1. The predicted octanol–water partition coefficient (Wildman–Crippen LogP) is 3.80. The molecule has 2 N–H and O–H groups in total. The van der Waals surface area contributed by atoms with Crippen molar-refractivity contribution in [3.05, 3.63) is 34.9 Å². The first-order chi connectivity index (χ1) is 9.84. The standard InChI is InChI=1S/C16H22ClNO3/c1-4-16(5-2,15(20)21)10-14(19)18-11(3)12-6-8-13(17)9-7-12/h6-9,11H,4-5,10H2,1-3H3,(H,18,19)(H,20,21)/t11-/m1/s1. The van der Waals surface area contributed by atoms with Gasteiger partial charge in [0, 0.05) is 11.4 Å². The molecular weight excluding hydrogens is 290 g/mol. The summed E-state index contributed by atoms with van der Waals surface area (Å²) in [6, 6.07) is 7.03. The number of carbonyl (C=O) groups is 2. The molecular formula is C16H22ClNO3. The van der Waals surface area contributed by atoms with E-state index in [0.717, 1.165) is 5.56 Å². The molecule has 1 amide bonds. The number of hydrogen-bond acceptors (Lipinski definition) is 2. The van der Waals surface area contributed by atoms with E-state index in [2.05, 4.69) is 5.32 Å². The maximum absolute atomic E-state index is 12.1.